The molecule has 1 fully saturated rings. The highest BCUT2D eigenvalue weighted by atomic mass is 79.9. The van der Waals surface area contributed by atoms with Crippen LogP contribution in [0.2, 0.25) is 0 Å². The van der Waals surface area contributed by atoms with E-state index in [1.54, 1.807) is 0 Å². The lowest BCUT2D eigenvalue weighted by Gasteiger charge is -2.34. The zero-order chi connectivity index (χ0) is 12.1. The molecule has 17 heavy (non-hydrogen) atoms. The SMILES string of the molecule is Cc1cccc(CN2CCN(CCBr)CC2)n1. The zero-order valence-electron chi connectivity index (χ0n) is 10.4. The van der Waals surface area contributed by atoms with Gasteiger partial charge in [-0.25, -0.2) is 0 Å². The van der Waals surface area contributed by atoms with Gasteiger partial charge in [-0.3, -0.25) is 14.8 Å². The number of hydrogen-bond donors (Lipinski definition) is 0. The normalized spacial score (nSPS) is 18.5. The average molecular weight is 298 g/mol. The number of halogens is 1. The fourth-order valence-electron chi connectivity index (χ4n) is 2.21. The lowest BCUT2D eigenvalue weighted by molar-refractivity contribution is 0.132. The Kier molecular flexibility index (Phi) is 4.95. The minimum Gasteiger partial charge on any atom is -0.300 e. The lowest BCUT2D eigenvalue weighted by atomic mass is 10.2. The smallest absolute Gasteiger partial charge is 0.0547 e. The third-order valence-electron chi connectivity index (χ3n) is 3.20. The maximum Gasteiger partial charge on any atom is 0.0547 e. The number of aryl methyl sites for hydroxylation is 1. The fraction of sp³-hybridized carbons (Fsp3) is 0.615. The van der Waals surface area contributed by atoms with Crippen molar-refractivity contribution in [2.24, 2.45) is 0 Å². The van der Waals surface area contributed by atoms with Crippen LogP contribution in [-0.2, 0) is 6.54 Å². The first-order valence-corrected chi connectivity index (χ1v) is 7.33. The van der Waals surface area contributed by atoms with Gasteiger partial charge in [0.2, 0.25) is 0 Å². The Morgan fingerprint density at radius 2 is 1.88 bits per heavy atom. The maximum atomic E-state index is 4.56. The third kappa shape index (κ3) is 4.05. The van der Waals surface area contributed by atoms with Crippen LogP contribution in [0, 0.1) is 6.92 Å². The highest BCUT2D eigenvalue weighted by Gasteiger charge is 2.16. The molecule has 0 amide bonds. The first-order chi connectivity index (χ1) is 8.28. The van der Waals surface area contributed by atoms with Crippen molar-refractivity contribution in [1.82, 2.24) is 14.8 Å². The van der Waals surface area contributed by atoms with Crippen LogP contribution in [-0.4, -0.2) is 52.8 Å². The average Bonchev–Trinajstić information content (AvgIpc) is 2.32. The molecule has 1 aromatic rings. The Balaban J connectivity index is 1.82. The molecule has 1 saturated heterocycles. The quantitative estimate of drug-likeness (QED) is 0.792. The van der Waals surface area contributed by atoms with E-state index in [1.807, 2.05) is 0 Å². The topological polar surface area (TPSA) is 19.4 Å². The lowest BCUT2D eigenvalue weighted by Crippen LogP contribution is -2.46. The predicted octanol–water partition coefficient (Wildman–Crippen LogP) is 1.90. The minimum absolute atomic E-state index is 0.990. The van der Waals surface area contributed by atoms with Gasteiger partial charge < -0.3 is 0 Å². The molecule has 0 radical (unpaired) electrons. The molecule has 0 N–H and O–H groups in total. The summed E-state index contributed by atoms with van der Waals surface area (Å²) >= 11 is 3.50. The van der Waals surface area contributed by atoms with E-state index in [1.165, 1.54) is 18.8 Å². The van der Waals surface area contributed by atoms with Crippen molar-refractivity contribution in [3.63, 3.8) is 0 Å². The van der Waals surface area contributed by atoms with E-state index in [2.05, 4.69) is 55.8 Å². The van der Waals surface area contributed by atoms with Crippen molar-refractivity contribution < 1.29 is 0 Å². The number of alkyl halides is 1. The molecule has 0 saturated carbocycles. The van der Waals surface area contributed by atoms with Gasteiger partial charge in [0, 0.05) is 50.3 Å². The van der Waals surface area contributed by atoms with E-state index in [9.17, 15) is 0 Å². The van der Waals surface area contributed by atoms with Gasteiger partial charge in [-0.15, -0.1) is 0 Å². The predicted molar refractivity (Wildman–Crippen MR) is 74.5 cm³/mol. The van der Waals surface area contributed by atoms with Crippen molar-refractivity contribution in [3.05, 3.63) is 29.6 Å². The van der Waals surface area contributed by atoms with Crippen LogP contribution in [0.4, 0.5) is 0 Å². The Morgan fingerprint density at radius 3 is 2.53 bits per heavy atom. The van der Waals surface area contributed by atoms with Crippen molar-refractivity contribution >= 4 is 15.9 Å². The number of hydrogen-bond acceptors (Lipinski definition) is 3. The Morgan fingerprint density at radius 1 is 1.18 bits per heavy atom. The Hall–Kier alpha value is -0.450. The molecule has 1 aromatic heterocycles. The Labute approximate surface area is 112 Å². The van der Waals surface area contributed by atoms with E-state index < -0.39 is 0 Å². The number of nitrogens with zero attached hydrogens (tertiary/aromatic N) is 3. The summed E-state index contributed by atoms with van der Waals surface area (Å²) in [5, 5.41) is 1.08. The number of aromatic nitrogens is 1. The molecular formula is C13H20BrN3. The summed E-state index contributed by atoms with van der Waals surface area (Å²) in [6.45, 7) is 8.87. The molecule has 0 atom stereocenters. The second-order valence-electron chi connectivity index (χ2n) is 4.58. The van der Waals surface area contributed by atoms with E-state index >= 15 is 0 Å². The van der Waals surface area contributed by atoms with Gasteiger partial charge in [0.1, 0.15) is 0 Å². The van der Waals surface area contributed by atoms with Crippen LogP contribution in [0.5, 0.6) is 0 Å². The second-order valence-corrected chi connectivity index (χ2v) is 5.37. The summed E-state index contributed by atoms with van der Waals surface area (Å²) in [6.07, 6.45) is 0. The van der Waals surface area contributed by atoms with Crippen LogP contribution in [0.15, 0.2) is 18.2 Å². The summed E-state index contributed by atoms with van der Waals surface area (Å²) in [7, 11) is 0. The minimum atomic E-state index is 0.990. The van der Waals surface area contributed by atoms with Crippen LogP contribution in [0.3, 0.4) is 0 Å². The summed E-state index contributed by atoms with van der Waals surface area (Å²) in [5.41, 5.74) is 2.30. The number of piperazine rings is 1. The van der Waals surface area contributed by atoms with E-state index in [0.717, 1.165) is 37.2 Å². The zero-order valence-corrected chi connectivity index (χ0v) is 12.0. The number of pyridine rings is 1. The molecule has 1 aliphatic heterocycles. The second kappa shape index (κ2) is 6.47. The molecule has 0 aliphatic carbocycles. The molecule has 0 spiro atoms. The first kappa shape index (κ1) is 13.0. The van der Waals surface area contributed by atoms with Crippen molar-refractivity contribution in [1.29, 1.82) is 0 Å². The van der Waals surface area contributed by atoms with Gasteiger partial charge in [0.15, 0.2) is 0 Å². The monoisotopic (exact) mass is 297 g/mol. The summed E-state index contributed by atoms with van der Waals surface area (Å²) in [6, 6.07) is 6.27. The molecule has 3 nitrogen and oxygen atoms in total. The van der Waals surface area contributed by atoms with Gasteiger partial charge in [-0.2, -0.15) is 0 Å². The van der Waals surface area contributed by atoms with Gasteiger partial charge in [0.05, 0.1) is 5.69 Å². The molecule has 0 bridgehead atoms. The first-order valence-electron chi connectivity index (χ1n) is 6.21. The third-order valence-corrected chi connectivity index (χ3v) is 3.55. The fourth-order valence-corrected chi connectivity index (χ4v) is 2.71. The van der Waals surface area contributed by atoms with Crippen LogP contribution in [0.25, 0.3) is 0 Å². The summed E-state index contributed by atoms with van der Waals surface area (Å²) in [4.78, 5) is 9.56. The number of rotatable bonds is 4. The van der Waals surface area contributed by atoms with Crippen molar-refractivity contribution in [2.75, 3.05) is 38.1 Å². The molecular weight excluding hydrogens is 278 g/mol. The Bertz CT molecular complexity index is 348. The van der Waals surface area contributed by atoms with E-state index in [-0.39, 0.29) is 0 Å². The van der Waals surface area contributed by atoms with Gasteiger partial charge in [-0.05, 0) is 19.1 Å². The van der Waals surface area contributed by atoms with Gasteiger partial charge >= 0.3 is 0 Å². The van der Waals surface area contributed by atoms with E-state index in [4.69, 9.17) is 0 Å². The molecule has 0 unspecified atom stereocenters. The molecule has 2 heterocycles. The summed E-state index contributed by atoms with van der Waals surface area (Å²) in [5.74, 6) is 0. The maximum absolute atomic E-state index is 4.56. The highest BCUT2D eigenvalue weighted by Crippen LogP contribution is 2.07. The molecule has 4 heteroatoms. The van der Waals surface area contributed by atoms with Crippen LogP contribution >= 0.6 is 15.9 Å². The molecule has 1 aliphatic rings. The van der Waals surface area contributed by atoms with Gasteiger partial charge in [-0.1, -0.05) is 22.0 Å². The molecule has 94 valence electrons. The van der Waals surface area contributed by atoms with E-state index in [0.29, 0.717) is 0 Å². The molecule has 0 aromatic carbocycles. The largest absolute Gasteiger partial charge is 0.300 e. The molecule has 2 rings (SSSR count). The highest BCUT2D eigenvalue weighted by molar-refractivity contribution is 9.09. The van der Waals surface area contributed by atoms with Crippen LogP contribution < -0.4 is 0 Å². The summed E-state index contributed by atoms with van der Waals surface area (Å²) < 4.78 is 0. The van der Waals surface area contributed by atoms with Crippen LogP contribution in [0.1, 0.15) is 11.4 Å². The van der Waals surface area contributed by atoms with Crippen molar-refractivity contribution in [3.8, 4) is 0 Å². The standard InChI is InChI=1S/C13H20BrN3/c1-12-3-2-4-13(15-12)11-17-9-7-16(6-5-14)8-10-17/h2-4H,5-11H2,1H3. The van der Waals surface area contributed by atoms with Crippen molar-refractivity contribution in [2.45, 2.75) is 13.5 Å². The van der Waals surface area contributed by atoms with Gasteiger partial charge in [0.25, 0.3) is 0 Å².